The van der Waals surface area contributed by atoms with Crippen molar-refractivity contribution in [3.8, 4) is 0 Å². The van der Waals surface area contributed by atoms with Crippen molar-refractivity contribution in [3.63, 3.8) is 0 Å². The summed E-state index contributed by atoms with van der Waals surface area (Å²) < 4.78 is 0. The molecule has 4 nitrogen and oxygen atoms in total. The van der Waals surface area contributed by atoms with Crippen LogP contribution in [0.4, 0.5) is 11.4 Å². The minimum absolute atomic E-state index is 0.236. The molecule has 3 rings (SSSR count). The Labute approximate surface area is 128 Å². The summed E-state index contributed by atoms with van der Waals surface area (Å²) in [5.41, 5.74) is 2.98. The number of anilines is 2. The molecule has 1 fully saturated rings. The second kappa shape index (κ2) is 5.74. The Hall–Kier alpha value is -2.07. The molecule has 0 aliphatic heterocycles. The molecule has 21 heavy (non-hydrogen) atoms. The Morgan fingerprint density at radius 3 is 2.86 bits per heavy atom. The molecule has 5 heteroatoms. The molecule has 1 aromatic heterocycles. The molecule has 0 unspecified atom stereocenters. The van der Waals surface area contributed by atoms with Gasteiger partial charge in [0.15, 0.2) is 0 Å². The summed E-state index contributed by atoms with van der Waals surface area (Å²) in [6, 6.07) is 9.59. The van der Waals surface area contributed by atoms with Gasteiger partial charge in [0.1, 0.15) is 5.69 Å². The Morgan fingerprint density at radius 2 is 2.10 bits per heavy atom. The van der Waals surface area contributed by atoms with Gasteiger partial charge in [-0.05, 0) is 49.6 Å². The van der Waals surface area contributed by atoms with Crippen molar-refractivity contribution in [2.24, 2.45) is 0 Å². The molecule has 1 aliphatic carbocycles. The van der Waals surface area contributed by atoms with Gasteiger partial charge in [-0.15, -0.1) is 0 Å². The number of hydrogen-bond donors (Lipinski definition) is 2. The first-order valence-corrected chi connectivity index (χ1v) is 7.30. The first-order chi connectivity index (χ1) is 10.1. The third-order valence-corrected chi connectivity index (χ3v) is 3.62. The summed E-state index contributed by atoms with van der Waals surface area (Å²) in [6.45, 7) is 1.92. The van der Waals surface area contributed by atoms with Crippen molar-refractivity contribution in [2.75, 3.05) is 10.6 Å². The number of amides is 1. The quantitative estimate of drug-likeness (QED) is 0.901. The fourth-order valence-electron chi connectivity index (χ4n) is 2.02. The van der Waals surface area contributed by atoms with E-state index in [1.807, 2.05) is 19.1 Å². The third-order valence-electron chi connectivity index (χ3n) is 3.39. The van der Waals surface area contributed by atoms with Crippen LogP contribution in [0, 0.1) is 6.92 Å². The number of carbonyl (C=O) groups is 1. The standard InChI is InChI=1S/C16H16ClN3O/c1-10-2-3-11(17)8-14(10)20-16(21)15-9-13(6-7-18-15)19-12-4-5-12/h2-3,6-9,12H,4-5H2,1H3,(H,18,19)(H,20,21). The summed E-state index contributed by atoms with van der Waals surface area (Å²) in [5, 5.41) is 6.79. The lowest BCUT2D eigenvalue weighted by molar-refractivity contribution is 0.102. The molecular formula is C16H16ClN3O. The van der Waals surface area contributed by atoms with Crippen molar-refractivity contribution in [1.29, 1.82) is 0 Å². The van der Waals surface area contributed by atoms with Gasteiger partial charge in [0.2, 0.25) is 0 Å². The highest BCUT2D eigenvalue weighted by Crippen LogP contribution is 2.25. The van der Waals surface area contributed by atoms with Gasteiger partial charge < -0.3 is 10.6 Å². The molecule has 1 amide bonds. The number of benzene rings is 1. The highest BCUT2D eigenvalue weighted by molar-refractivity contribution is 6.31. The number of halogens is 1. The lowest BCUT2D eigenvalue weighted by Gasteiger charge is -2.10. The molecule has 1 aromatic carbocycles. The van der Waals surface area contributed by atoms with Crippen LogP contribution >= 0.6 is 11.6 Å². The average Bonchev–Trinajstić information content (AvgIpc) is 3.27. The van der Waals surface area contributed by atoms with Gasteiger partial charge in [0.05, 0.1) is 0 Å². The number of aryl methyl sites for hydroxylation is 1. The fraction of sp³-hybridized carbons (Fsp3) is 0.250. The van der Waals surface area contributed by atoms with Crippen molar-refractivity contribution in [2.45, 2.75) is 25.8 Å². The first-order valence-electron chi connectivity index (χ1n) is 6.92. The van der Waals surface area contributed by atoms with E-state index in [-0.39, 0.29) is 5.91 Å². The van der Waals surface area contributed by atoms with Gasteiger partial charge in [-0.1, -0.05) is 17.7 Å². The topological polar surface area (TPSA) is 54.0 Å². The molecule has 108 valence electrons. The van der Waals surface area contributed by atoms with Crippen LogP contribution in [-0.4, -0.2) is 16.9 Å². The maximum absolute atomic E-state index is 12.3. The van der Waals surface area contributed by atoms with Crippen LogP contribution in [0.25, 0.3) is 0 Å². The van der Waals surface area contributed by atoms with Gasteiger partial charge >= 0.3 is 0 Å². The van der Waals surface area contributed by atoms with E-state index in [0.717, 1.165) is 11.3 Å². The van der Waals surface area contributed by atoms with E-state index < -0.39 is 0 Å². The van der Waals surface area contributed by atoms with Crippen molar-refractivity contribution < 1.29 is 4.79 Å². The van der Waals surface area contributed by atoms with Gasteiger partial charge in [-0.3, -0.25) is 9.78 Å². The van der Waals surface area contributed by atoms with Gasteiger partial charge in [-0.25, -0.2) is 0 Å². The Kier molecular flexibility index (Phi) is 3.80. The van der Waals surface area contributed by atoms with Crippen LogP contribution in [0.1, 0.15) is 28.9 Å². The summed E-state index contributed by atoms with van der Waals surface area (Å²) in [4.78, 5) is 16.4. The van der Waals surface area contributed by atoms with E-state index in [9.17, 15) is 4.79 Å². The molecule has 0 radical (unpaired) electrons. The maximum Gasteiger partial charge on any atom is 0.274 e. The molecule has 0 spiro atoms. The smallest absolute Gasteiger partial charge is 0.274 e. The highest BCUT2D eigenvalue weighted by atomic mass is 35.5. The van der Waals surface area contributed by atoms with Crippen molar-refractivity contribution >= 4 is 28.9 Å². The number of carbonyl (C=O) groups excluding carboxylic acids is 1. The van der Waals surface area contributed by atoms with Gasteiger partial charge in [-0.2, -0.15) is 0 Å². The van der Waals surface area contributed by atoms with Crippen molar-refractivity contribution in [1.82, 2.24) is 4.98 Å². The molecule has 2 N–H and O–H groups in total. The van der Waals surface area contributed by atoms with E-state index in [1.165, 1.54) is 12.8 Å². The Bertz CT molecular complexity index is 683. The lowest BCUT2D eigenvalue weighted by atomic mass is 10.2. The number of nitrogens with one attached hydrogen (secondary N) is 2. The molecular weight excluding hydrogens is 286 g/mol. The first kappa shape index (κ1) is 13.9. The van der Waals surface area contributed by atoms with Crippen LogP contribution in [0.5, 0.6) is 0 Å². The monoisotopic (exact) mass is 301 g/mol. The lowest BCUT2D eigenvalue weighted by Crippen LogP contribution is -2.15. The minimum atomic E-state index is -0.236. The summed E-state index contributed by atoms with van der Waals surface area (Å²) in [7, 11) is 0. The zero-order valence-corrected chi connectivity index (χ0v) is 12.4. The van der Waals surface area contributed by atoms with Crippen LogP contribution in [-0.2, 0) is 0 Å². The number of hydrogen-bond acceptors (Lipinski definition) is 3. The Morgan fingerprint density at radius 1 is 1.29 bits per heavy atom. The molecule has 1 saturated carbocycles. The number of rotatable bonds is 4. The maximum atomic E-state index is 12.3. The van der Waals surface area contributed by atoms with Crippen LogP contribution in [0.3, 0.4) is 0 Å². The number of nitrogens with zero attached hydrogens (tertiary/aromatic N) is 1. The third kappa shape index (κ3) is 3.52. The summed E-state index contributed by atoms with van der Waals surface area (Å²) >= 11 is 5.96. The van der Waals surface area contributed by atoms with Crippen LogP contribution in [0.15, 0.2) is 36.5 Å². The fourth-order valence-corrected chi connectivity index (χ4v) is 2.20. The zero-order chi connectivity index (χ0) is 14.8. The Balaban J connectivity index is 1.76. The molecule has 0 bridgehead atoms. The second-order valence-corrected chi connectivity index (χ2v) is 5.70. The zero-order valence-electron chi connectivity index (χ0n) is 11.7. The second-order valence-electron chi connectivity index (χ2n) is 5.26. The number of aromatic nitrogens is 1. The summed E-state index contributed by atoms with van der Waals surface area (Å²) in [6.07, 6.45) is 4.02. The van der Waals surface area contributed by atoms with E-state index in [4.69, 9.17) is 11.6 Å². The van der Waals surface area contributed by atoms with E-state index in [0.29, 0.717) is 22.4 Å². The van der Waals surface area contributed by atoms with Gasteiger partial charge in [0.25, 0.3) is 5.91 Å². The molecule has 0 atom stereocenters. The largest absolute Gasteiger partial charge is 0.382 e. The molecule has 2 aromatic rings. The predicted octanol–water partition coefficient (Wildman–Crippen LogP) is 3.87. The van der Waals surface area contributed by atoms with Crippen molar-refractivity contribution in [3.05, 3.63) is 52.8 Å². The van der Waals surface area contributed by atoms with Crippen LogP contribution in [0.2, 0.25) is 5.02 Å². The van der Waals surface area contributed by atoms with Gasteiger partial charge in [0, 0.05) is 28.6 Å². The normalized spacial score (nSPS) is 13.8. The van der Waals surface area contributed by atoms with E-state index >= 15 is 0 Å². The van der Waals surface area contributed by atoms with E-state index in [2.05, 4.69) is 15.6 Å². The minimum Gasteiger partial charge on any atom is -0.382 e. The average molecular weight is 302 g/mol. The van der Waals surface area contributed by atoms with Crippen LogP contribution < -0.4 is 10.6 Å². The summed E-state index contributed by atoms with van der Waals surface area (Å²) in [5.74, 6) is -0.236. The highest BCUT2D eigenvalue weighted by Gasteiger charge is 2.21. The predicted molar refractivity (Wildman–Crippen MR) is 85.0 cm³/mol. The van der Waals surface area contributed by atoms with E-state index in [1.54, 1.807) is 24.4 Å². The molecule has 1 aliphatic rings. The number of pyridine rings is 1. The molecule has 1 heterocycles. The molecule has 0 saturated heterocycles. The SMILES string of the molecule is Cc1ccc(Cl)cc1NC(=O)c1cc(NC2CC2)ccn1.